The fourth-order valence-electron chi connectivity index (χ4n) is 2.27. The summed E-state index contributed by atoms with van der Waals surface area (Å²) >= 11 is 1.29. The topological polar surface area (TPSA) is 92.3 Å². The van der Waals surface area contributed by atoms with Crippen molar-refractivity contribution in [3.63, 3.8) is 0 Å². The number of benzene rings is 1. The number of rotatable bonds is 5. The molecule has 2 aromatic rings. The van der Waals surface area contributed by atoms with Gasteiger partial charge in [-0.15, -0.1) is 11.3 Å². The van der Waals surface area contributed by atoms with Crippen molar-refractivity contribution >= 4 is 33.0 Å². The minimum atomic E-state index is -3.73. The van der Waals surface area contributed by atoms with Crippen LogP contribution >= 0.6 is 11.3 Å². The normalized spacial score (nSPS) is 12.4. The second kappa shape index (κ2) is 7.79. The average Bonchev–Trinajstić information content (AvgIpc) is 3.10. The lowest BCUT2D eigenvalue weighted by Gasteiger charge is -2.18. The molecule has 0 fully saturated rings. The van der Waals surface area contributed by atoms with E-state index >= 15 is 0 Å². The molecule has 2 rings (SSSR count). The Bertz CT molecular complexity index is 874. The van der Waals surface area contributed by atoms with Gasteiger partial charge in [0, 0.05) is 18.5 Å². The smallest absolute Gasteiger partial charge is 0.309 e. The highest BCUT2D eigenvalue weighted by atomic mass is 32.2. The summed E-state index contributed by atoms with van der Waals surface area (Å²) in [6.07, 6.45) is 0. The van der Waals surface area contributed by atoms with Gasteiger partial charge >= 0.3 is 11.8 Å². The summed E-state index contributed by atoms with van der Waals surface area (Å²) in [6.45, 7) is 3.58. The lowest BCUT2D eigenvalue weighted by Crippen LogP contribution is -2.40. The predicted molar refractivity (Wildman–Crippen MR) is 97.2 cm³/mol. The van der Waals surface area contributed by atoms with Gasteiger partial charge in [0.1, 0.15) is 5.25 Å². The first-order valence-electron chi connectivity index (χ1n) is 7.62. The van der Waals surface area contributed by atoms with Crippen molar-refractivity contribution in [3.8, 4) is 0 Å². The maximum absolute atomic E-state index is 13.1. The third kappa shape index (κ3) is 4.26. The molecule has 6 nitrogen and oxygen atoms in total. The van der Waals surface area contributed by atoms with Gasteiger partial charge in [-0.2, -0.15) is 0 Å². The van der Waals surface area contributed by atoms with Gasteiger partial charge in [-0.1, -0.05) is 12.1 Å². The van der Waals surface area contributed by atoms with Crippen LogP contribution in [0, 0.1) is 13.8 Å². The number of likely N-dealkylation sites (N-methyl/N-ethyl adjacent to an activating group) is 1. The molecule has 0 bridgehead atoms. The zero-order chi connectivity index (χ0) is 18.6. The minimum Gasteiger partial charge on any atom is -0.351 e. The van der Waals surface area contributed by atoms with Crippen molar-refractivity contribution in [2.75, 3.05) is 13.6 Å². The predicted octanol–water partition coefficient (Wildman–Crippen LogP) is 1.74. The van der Waals surface area contributed by atoms with E-state index in [1.54, 1.807) is 35.7 Å². The van der Waals surface area contributed by atoms with Crippen molar-refractivity contribution in [1.82, 2.24) is 10.6 Å². The summed E-state index contributed by atoms with van der Waals surface area (Å²) in [5.41, 5.74) is 1.87. The minimum absolute atomic E-state index is 0.179. The highest BCUT2D eigenvalue weighted by Crippen LogP contribution is 2.32. The van der Waals surface area contributed by atoms with E-state index in [2.05, 4.69) is 10.6 Å². The molecule has 2 N–H and O–H groups in total. The van der Waals surface area contributed by atoms with Gasteiger partial charge in [0.2, 0.25) is 0 Å². The van der Waals surface area contributed by atoms with Gasteiger partial charge in [0.15, 0.2) is 9.84 Å². The highest BCUT2D eigenvalue weighted by molar-refractivity contribution is 7.91. The van der Waals surface area contributed by atoms with Crippen LogP contribution in [0.2, 0.25) is 0 Å². The molecule has 0 spiro atoms. The Morgan fingerprint density at radius 2 is 1.84 bits per heavy atom. The molecular weight excluding hydrogens is 360 g/mol. The van der Waals surface area contributed by atoms with E-state index in [-0.39, 0.29) is 11.4 Å². The first-order valence-corrected chi connectivity index (χ1v) is 10.0. The lowest BCUT2D eigenvalue weighted by atomic mass is 10.1. The first-order chi connectivity index (χ1) is 11.8. The number of carbonyl (C=O) groups is 2. The SMILES string of the molecule is CNC(=O)C(=O)NC[C@@H](c1cccs1)S(=O)(=O)c1ccc(C)c(C)c1. The molecule has 1 atom stereocenters. The van der Waals surface area contributed by atoms with E-state index < -0.39 is 26.9 Å². The van der Waals surface area contributed by atoms with Crippen molar-refractivity contribution < 1.29 is 18.0 Å². The number of aryl methyl sites for hydroxylation is 2. The Morgan fingerprint density at radius 3 is 2.40 bits per heavy atom. The largest absolute Gasteiger partial charge is 0.351 e. The third-order valence-electron chi connectivity index (χ3n) is 3.92. The van der Waals surface area contributed by atoms with Crippen molar-refractivity contribution in [3.05, 3.63) is 51.7 Å². The zero-order valence-corrected chi connectivity index (χ0v) is 15.8. The van der Waals surface area contributed by atoms with Crippen LogP contribution in [-0.2, 0) is 19.4 Å². The molecule has 0 saturated heterocycles. The molecule has 25 heavy (non-hydrogen) atoms. The maximum atomic E-state index is 13.1. The monoisotopic (exact) mass is 380 g/mol. The average molecular weight is 380 g/mol. The van der Waals surface area contributed by atoms with Crippen LogP contribution in [0.3, 0.4) is 0 Å². The molecule has 1 aromatic heterocycles. The quantitative estimate of drug-likeness (QED) is 0.773. The van der Waals surface area contributed by atoms with Crippen LogP contribution in [0.1, 0.15) is 21.3 Å². The van der Waals surface area contributed by atoms with Gasteiger partial charge in [0.05, 0.1) is 4.90 Å². The van der Waals surface area contributed by atoms with Crippen LogP contribution < -0.4 is 10.6 Å². The number of hydrogen-bond donors (Lipinski definition) is 2. The number of sulfone groups is 1. The summed E-state index contributed by atoms with van der Waals surface area (Å²) in [6, 6.07) is 8.42. The lowest BCUT2D eigenvalue weighted by molar-refractivity contribution is -0.138. The second-order valence-corrected chi connectivity index (χ2v) is 8.69. The van der Waals surface area contributed by atoms with Crippen LogP contribution in [-0.4, -0.2) is 33.8 Å². The number of carbonyl (C=O) groups excluding carboxylic acids is 2. The molecular formula is C17H20N2O4S2. The second-order valence-electron chi connectivity index (χ2n) is 5.58. The molecule has 0 aliphatic rings. The standard InChI is InChI=1S/C17H20N2O4S2/c1-11-6-7-13(9-12(11)2)25(22,23)15(14-5-4-8-24-14)10-19-17(21)16(20)18-3/h4-9,15H,10H2,1-3H3,(H,18,20)(H,19,21)/t15-/m0/s1. The van der Waals surface area contributed by atoms with E-state index in [0.29, 0.717) is 4.88 Å². The number of amides is 2. The number of hydrogen-bond acceptors (Lipinski definition) is 5. The highest BCUT2D eigenvalue weighted by Gasteiger charge is 2.31. The molecule has 1 heterocycles. The van der Waals surface area contributed by atoms with Gasteiger partial charge in [-0.05, 0) is 48.6 Å². The number of nitrogens with one attached hydrogen (secondary N) is 2. The van der Waals surface area contributed by atoms with Gasteiger partial charge in [-0.25, -0.2) is 8.42 Å². The van der Waals surface area contributed by atoms with E-state index in [9.17, 15) is 18.0 Å². The van der Waals surface area contributed by atoms with Crippen molar-refractivity contribution in [1.29, 1.82) is 0 Å². The Hall–Kier alpha value is -2.19. The number of thiophene rings is 1. The molecule has 0 radical (unpaired) electrons. The summed E-state index contributed by atoms with van der Waals surface area (Å²) < 4.78 is 26.2. The van der Waals surface area contributed by atoms with Crippen LogP contribution in [0.25, 0.3) is 0 Å². The molecule has 2 amide bonds. The van der Waals surface area contributed by atoms with Crippen LogP contribution in [0.4, 0.5) is 0 Å². The Labute approximate surface area is 151 Å². The van der Waals surface area contributed by atoms with Crippen molar-refractivity contribution in [2.24, 2.45) is 0 Å². The van der Waals surface area contributed by atoms with Crippen LogP contribution in [0.5, 0.6) is 0 Å². The Morgan fingerprint density at radius 1 is 1.12 bits per heavy atom. The molecule has 0 unspecified atom stereocenters. The molecule has 0 aliphatic carbocycles. The van der Waals surface area contributed by atoms with Crippen molar-refractivity contribution in [2.45, 2.75) is 24.0 Å². The van der Waals surface area contributed by atoms with Crippen LogP contribution in [0.15, 0.2) is 40.6 Å². The third-order valence-corrected chi connectivity index (χ3v) is 7.14. The summed E-state index contributed by atoms with van der Waals surface area (Å²) in [5, 5.41) is 5.43. The van der Waals surface area contributed by atoms with E-state index in [1.165, 1.54) is 18.4 Å². The molecule has 1 aromatic carbocycles. The van der Waals surface area contributed by atoms with E-state index in [0.717, 1.165) is 11.1 Å². The Kier molecular flexibility index (Phi) is 5.97. The summed E-state index contributed by atoms with van der Waals surface area (Å²) in [5.74, 6) is -1.67. The van der Waals surface area contributed by atoms with E-state index in [4.69, 9.17) is 0 Å². The molecule has 0 saturated carbocycles. The zero-order valence-electron chi connectivity index (χ0n) is 14.2. The first kappa shape index (κ1) is 19.1. The fourth-order valence-corrected chi connectivity index (χ4v) is 5.14. The van der Waals surface area contributed by atoms with Gasteiger partial charge < -0.3 is 10.6 Å². The molecule has 0 aliphatic heterocycles. The summed E-state index contributed by atoms with van der Waals surface area (Å²) in [4.78, 5) is 23.8. The van der Waals surface area contributed by atoms with Gasteiger partial charge in [-0.3, -0.25) is 9.59 Å². The Balaban J connectivity index is 2.36. The fraction of sp³-hybridized carbons (Fsp3) is 0.294. The maximum Gasteiger partial charge on any atom is 0.309 e. The molecule has 134 valence electrons. The van der Waals surface area contributed by atoms with E-state index in [1.807, 2.05) is 13.8 Å². The summed E-state index contributed by atoms with van der Waals surface area (Å²) in [7, 11) is -2.39. The molecule has 8 heteroatoms. The van der Waals surface area contributed by atoms with Gasteiger partial charge in [0.25, 0.3) is 0 Å².